The molecule has 0 bridgehead atoms. The third-order valence-electron chi connectivity index (χ3n) is 3.62. The first-order valence-electron chi connectivity index (χ1n) is 6.15. The zero-order chi connectivity index (χ0) is 14.0. The molecule has 2 amide bonds. The third kappa shape index (κ3) is 2.34. The third-order valence-corrected chi connectivity index (χ3v) is 3.62. The van der Waals surface area contributed by atoms with E-state index in [0.29, 0.717) is 6.54 Å². The first-order valence-corrected chi connectivity index (χ1v) is 6.15. The van der Waals surface area contributed by atoms with Gasteiger partial charge in [-0.25, -0.2) is 4.79 Å². The Balaban J connectivity index is 2.27. The summed E-state index contributed by atoms with van der Waals surface area (Å²) < 4.78 is 5.28. The Morgan fingerprint density at radius 3 is 2.84 bits per heavy atom. The fourth-order valence-corrected chi connectivity index (χ4v) is 2.40. The summed E-state index contributed by atoms with van der Waals surface area (Å²) in [6, 6.07) is 5.64. The number of carbonyl (C=O) groups is 1. The Kier molecular flexibility index (Phi) is 3.61. The van der Waals surface area contributed by atoms with Crippen LogP contribution in [0.25, 0.3) is 0 Å². The predicted octanol–water partition coefficient (Wildman–Crippen LogP) is 1.90. The van der Waals surface area contributed by atoms with Crippen molar-refractivity contribution in [3.8, 4) is 11.8 Å². The van der Waals surface area contributed by atoms with Crippen LogP contribution in [0.5, 0.6) is 5.75 Å². The average molecular weight is 259 g/mol. The van der Waals surface area contributed by atoms with Crippen LogP contribution in [0.15, 0.2) is 12.1 Å². The van der Waals surface area contributed by atoms with E-state index in [1.165, 1.54) is 4.90 Å². The molecule has 1 aromatic carbocycles. The van der Waals surface area contributed by atoms with Crippen molar-refractivity contribution in [3.63, 3.8) is 0 Å². The number of urea groups is 1. The van der Waals surface area contributed by atoms with E-state index >= 15 is 0 Å². The van der Waals surface area contributed by atoms with Crippen molar-refractivity contribution < 1.29 is 9.53 Å². The molecule has 1 atom stereocenters. The van der Waals surface area contributed by atoms with Crippen LogP contribution in [0.1, 0.15) is 22.7 Å². The van der Waals surface area contributed by atoms with Crippen LogP contribution in [-0.4, -0.2) is 31.1 Å². The first-order chi connectivity index (χ1) is 9.08. The molecule has 1 saturated heterocycles. The van der Waals surface area contributed by atoms with E-state index in [4.69, 9.17) is 10.00 Å². The molecule has 1 aliphatic rings. The molecule has 0 aliphatic carbocycles. The topological polar surface area (TPSA) is 65.4 Å². The summed E-state index contributed by atoms with van der Waals surface area (Å²) >= 11 is 0. The highest BCUT2D eigenvalue weighted by molar-refractivity contribution is 5.77. The van der Waals surface area contributed by atoms with Gasteiger partial charge in [-0.15, -0.1) is 0 Å². The Morgan fingerprint density at radius 1 is 1.47 bits per heavy atom. The molecule has 1 N–H and O–H groups in total. The molecule has 100 valence electrons. The van der Waals surface area contributed by atoms with Crippen LogP contribution in [0, 0.1) is 25.2 Å². The molecule has 19 heavy (non-hydrogen) atoms. The lowest BCUT2D eigenvalue weighted by Crippen LogP contribution is -2.28. The quantitative estimate of drug-likeness (QED) is 0.843. The van der Waals surface area contributed by atoms with Gasteiger partial charge < -0.3 is 15.0 Å². The van der Waals surface area contributed by atoms with E-state index in [1.54, 1.807) is 7.11 Å². The summed E-state index contributed by atoms with van der Waals surface area (Å²) in [6.45, 7) is 4.67. The SMILES string of the molecule is COc1ccc(C2CN(CC#N)C(=O)N2)c(C)c1C. The minimum Gasteiger partial charge on any atom is -0.496 e. The molecule has 0 saturated carbocycles. The van der Waals surface area contributed by atoms with Crippen molar-refractivity contribution in [3.05, 3.63) is 28.8 Å². The van der Waals surface area contributed by atoms with Gasteiger partial charge in [0.15, 0.2) is 0 Å². The van der Waals surface area contributed by atoms with E-state index in [2.05, 4.69) is 5.32 Å². The highest BCUT2D eigenvalue weighted by Gasteiger charge is 2.30. The van der Waals surface area contributed by atoms with E-state index in [0.717, 1.165) is 22.4 Å². The Morgan fingerprint density at radius 2 is 2.21 bits per heavy atom. The molecule has 1 heterocycles. The Bertz CT molecular complexity index is 548. The van der Waals surface area contributed by atoms with E-state index in [-0.39, 0.29) is 18.6 Å². The van der Waals surface area contributed by atoms with Gasteiger partial charge in [0.2, 0.25) is 0 Å². The molecule has 2 rings (SSSR count). The summed E-state index contributed by atoms with van der Waals surface area (Å²) in [5, 5.41) is 11.6. The largest absolute Gasteiger partial charge is 0.496 e. The lowest BCUT2D eigenvalue weighted by atomic mass is 9.97. The molecule has 5 heteroatoms. The number of hydrogen-bond acceptors (Lipinski definition) is 3. The van der Waals surface area contributed by atoms with Crippen molar-refractivity contribution >= 4 is 6.03 Å². The van der Waals surface area contributed by atoms with Gasteiger partial charge in [0.05, 0.1) is 19.2 Å². The summed E-state index contributed by atoms with van der Waals surface area (Å²) in [4.78, 5) is 13.2. The minimum absolute atomic E-state index is 0.0644. The minimum atomic E-state index is -0.181. The summed E-state index contributed by atoms with van der Waals surface area (Å²) in [7, 11) is 1.65. The molecule has 0 spiro atoms. The molecular weight excluding hydrogens is 242 g/mol. The van der Waals surface area contributed by atoms with Gasteiger partial charge in [-0.1, -0.05) is 6.07 Å². The van der Waals surface area contributed by atoms with Crippen molar-refractivity contribution in [1.29, 1.82) is 5.26 Å². The van der Waals surface area contributed by atoms with Gasteiger partial charge in [-0.2, -0.15) is 5.26 Å². The fraction of sp³-hybridized carbons (Fsp3) is 0.429. The van der Waals surface area contributed by atoms with E-state index < -0.39 is 0 Å². The molecule has 0 aromatic heterocycles. The summed E-state index contributed by atoms with van der Waals surface area (Å²) in [6.07, 6.45) is 0. The fourth-order valence-electron chi connectivity index (χ4n) is 2.40. The number of rotatable bonds is 3. The summed E-state index contributed by atoms with van der Waals surface area (Å²) in [5.74, 6) is 0.847. The van der Waals surface area contributed by atoms with Gasteiger partial charge in [-0.3, -0.25) is 0 Å². The molecular formula is C14H17N3O2. The van der Waals surface area contributed by atoms with Gasteiger partial charge >= 0.3 is 6.03 Å². The van der Waals surface area contributed by atoms with E-state index in [1.807, 2.05) is 32.0 Å². The second kappa shape index (κ2) is 5.19. The molecule has 1 aliphatic heterocycles. The van der Waals surface area contributed by atoms with Crippen molar-refractivity contribution in [2.24, 2.45) is 0 Å². The molecule has 1 fully saturated rings. The molecule has 5 nitrogen and oxygen atoms in total. The zero-order valence-electron chi connectivity index (χ0n) is 11.4. The standard InChI is InChI=1S/C14H17N3O2/c1-9-10(2)13(19-3)5-4-11(9)12-8-17(7-6-15)14(18)16-12/h4-5,12H,7-8H2,1-3H3,(H,16,18). The normalized spacial score (nSPS) is 18.1. The maximum atomic E-state index is 11.7. The van der Waals surface area contributed by atoms with Gasteiger partial charge in [0.25, 0.3) is 0 Å². The smallest absolute Gasteiger partial charge is 0.318 e. The van der Waals surface area contributed by atoms with Gasteiger partial charge in [0, 0.05) is 6.54 Å². The van der Waals surface area contributed by atoms with Gasteiger partial charge in [-0.05, 0) is 36.6 Å². The number of nitriles is 1. The lowest BCUT2D eigenvalue weighted by Gasteiger charge is -2.17. The maximum absolute atomic E-state index is 11.7. The monoisotopic (exact) mass is 259 g/mol. The Labute approximate surface area is 112 Å². The number of nitrogens with zero attached hydrogens (tertiary/aromatic N) is 2. The van der Waals surface area contributed by atoms with Crippen molar-refractivity contribution in [1.82, 2.24) is 10.2 Å². The molecule has 1 unspecified atom stereocenters. The van der Waals surface area contributed by atoms with Crippen LogP contribution in [0.3, 0.4) is 0 Å². The van der Waals surface area contributed by atoms with Crippen LogP contribution in [0.4, 0.5) is 4.79 Å². The average Bonchev–Trinajstić information content (AvgIpc) is 2.74. The van der Waals surface area contributed by atoms with Gasteiger partial charge in [0.1, 0.15) is 12.3 Å². The number of nitrogens with one attached hydrogen (secondary N) is 1. The second-order valence-electron chi connectivity index (χ2n) is 4.65. The van der Waals surface area contributed by atoms with E-state index in [9.17, 15) is 4.79 Å². The number of amides is 2. The second-order valence-corrected chi connectivity index (χ2v) is 4.65. The highest BCUT2D eigenvalue weighted by atomic mass is 16.5. The molecule has 0 radical (unpaired) electrons. The molecule has 1 aromatic rings. The van der Waals surface area contributed by atoms with Crippen LogP contribution in [0.2, 0.25) is 0 Å². The zero-order valence-corrected chi connectivity index (χ0v) is 11.4. The van der Waals surface area contributed by atoms with Crippen LogP contribution in [-0.2, 0) is 0 Å². The van der Waals surface area contributed by atoms with Crippen LogP contribution < -0.4 is 10.1 Å². The number of hydrogen-bond donors (Lipinski definition) is 1. The number of ether oxygens (including phenoxy) is 1. The first kappa shape index (κ1) is 13.2. The van der Waals surface area contributed by atoms with Crippen molar-refractivity contribution in [2.45, 2.75) is 19.9 Å². The summed E-state index contributed by atoms with van der Waals surface area (Å²) in [5.41, 5.74) is 3.27. The lowest BCUT2D eigenvalue weighted by molar-refractivity contribution is 0.222. The van der Waals surface area contributed by atoms with Crippen molar-refractivity contribution in [2.75, 3.05) is 20.2 Å². The van der Waals surface area contributed by atoms with Crippen LogP contribution >= 0.6 is 0 Å². The maximum Gasteiger partial charge on any atom is 0.318 e. The Hall–Kier alpha value is -2.22. The highest BCUT2D eigenvalue weighted by Crippen LogP contribution is 2.29. The predicted molar refractivity (Wildman–Crippen MR) is 70.9 cm³/mol. The number of methoxy groups -OCH3 is 1. The number of carbonyl (C=O) groups excluding carboxylic acids is 1. The number of benzene rings is 1.